The van der Waals surface area contributed by atoms with Crippen molar-refractivity contribution in [2.45, 2.75) is 36.6 Å². The SMILES string of the molecule is CNC(=O)OC1C2OC2C(O)C2OC21. The number of hydrogen-bond acceptors (Lipinski definition) is 5. The standard InChI is InChI=1S/C8H11NO5/c1-9-8(11)14-7-5-3(12-5)2(10)4-6(7)13-4/h2-7,10H,1H3,(H,9,11). The fourth-order valence-corrected chi connectivity index (χ4v) is 2.04. The molecule has 0 radical (unpaired) electrons. The lowest BCUT2D eigenvalue weighted by molar-refractivity contribution is 0.0620. The monoisotopic (exact) mass is 201 g/mol. The van der Waals surface area contributed by atoms with Crippen molar-refractivity contribution in [2.24, 2.45) is 0 Å². The molecule has 4 unspecified atom stereocenters. The van der Waals surface area contributed by atoms with Crippen LogP contribution in [-0.2, 0) is 14.2 Å². The van der Waals surface area contributed by atoms with Gasteiger partial charge in [-0.1, -0.05) is 0 Å². The van der Waals surface area contributed by atoms with Gasteiger partial charge in [0.25, 0.3) is 0 Å². The van der Waals surface area contributed by atoms with E-state index in [1.165, 1.54) is 7.05 Å². The maximum Gasteiger partial charge on any atom is 0.407 e. The van der Waals surface area contributed by atoms with Crippen LogP contribution in [0.1, 0.15) is 0 Å². The third kappa shape index (κ3) is 1.05. The summed E-state index contributed by atoms with van der Waals surface area (Å²) in [5.41, 5.74) is 0. The Balaban J connectivity index is 1.68. The van der Waals surface area contributed by atoms with Crippen LogP contribution in [0, 0.1) is 0 Å². The summed E-state index contributed by atoms with van der Waals surface area (Å²) in [4.78, 5) is 11.0. The number of alkyl carbamates (subject to hydrolysis) is 1. The van der Waals surface area contributed by atoms with E-state index in [0.717, 1.165) is 0 Å². The molecule has 4 atom stereocenters. The Morgan fingerprint density at radius 2 is 1.86 bits per heavy atom. The molecule has 3 aliphatic rings. The van der Waals surface area contributed by atoms with Crippen molar-refractivity contribution in [1.82, 2.24) is 5.32 Å². The van der Waals surface area contributed by atoms with Crippen molar-refractivity contribution in [3.63, 3.8) is 0 Å². The Morgan fingerprint density at radius 1 is 1.29 bits per heavy atom. The van der Waals surface area contributed by atoms with Crippen LogP contribution in [0.5, 0.6) is 0 Å². The second-order valence-corrected chi connectivity index (χ2v) is 3.74. The Morgan fingerprint density at radius 3 is 2.36 bits per heavy atom. The van der Waals surface area contributed by atoms with Crippen LogP contribution in [0.3, 0.4) is 0 Å². The van der Waals surface area contributed by atoms with Gasteiger partial charge in [-0.25, -0.2) is 4.79 Å². The van der Waals surface area contributed by atoms with E-state index < -0.39 is 12.2 Å². The molecule has 0 aromatic heterocycles. The summed E-state index contributed by atoms with van der Waals surface area (Å²) in [5.74, 6) is 0. The van der Waals surface area contributed by atoms with E-state index in [9.17, 15) is 9.90 Å². The average Bonchev–Trinajstić information content (AvgIpc) is 3.01. The molecule has 0 spiro atoms. The predicted octanol–water partition coefficient (Wildman–Crippen LogP) is -1.38. The van der Waals surface area contributed by atoms with Gasteiger partial charge in [0, 0.05) is 7.05 Å². The smallest absolute Gasteiger partial charge is 0.407 e. The molecule has 3 fully saturated rings. The first-order chi connectivity index (χ1) is 6.72. The fraction of sp³-hybridized carbons (Fsp3) is 0.875. The van der Waals surface area contributed by atoms with Crippen LogP contribution in [-0.4, -0.2) is 54.9 Å². The number of rotatable bonds is 1. The first-order valence-electron chi connectivity index (χ1n) is 4.59. The van der Waals surface area contributed by atoms with Crippen molar-refractivity contribution in [2.75, 3.05) is 7.05 Å². The summed E-state index contributed by atoms with van der Waals surface area (Å²) in [6, 6.07) is 0. The van der Waals surface area contributed by atoms with E-state index in [-0.39, 0.29) is 30.5 Å². The number of aliphatic hydroxyl groups is 1. The maximum absolute atomic E-state index is 11.0. The highest BCUT2D eigenvalue weighted by molar-refractivity contribution is 5.67. The number of hydrogen-bond donors (Lipinski definition) is 2. The number of epoxide rings is 2. The highest BCUT2D eigenvalue weighted by Crippen LogP contribution is 2.48. The molecule has 1 aliphatic carbocycles. The summed E-state index contributed by atoms with van der Waals surface area (Å²) in [5, 5.41) is 11.9. The Labute approximate surface area is 80.1 Å². The average molecular weight is 201 g/mol. The van der Waals surface area contributed by atoms with Gasteiger partial charge in [0.1, 0.15) is 30.5 Å². The Hall–Kier alpha value is -0.850. The number of nitrogens with one attached hydrogen (secondary N) is 1. The van der Waals surface area contributed by atoms with E-state index in [2.05, 4.69) is 5.32 Å². The quantitative estimate of drug-likeness (QED) is 0.511. The lowest BCUT2D eigenvalue weighted by Crippen LogP contribution is -2.42. The third-order valence-corrected chi connectivity index (χ3v) is 2.89. The van der Waals surface area contributed by atoms with Gasteiger partial charge >= 0.3 is 6.09 Å². The van der Waals surface area contributed by atoms with Crippen LogP contribution in [0.25, 0.3) is 0 Å². The summed E-state index contributed by atoms with van der Waals surface area (Å²) < 4.78 is 15.5. The van der Waals surface area contributed by atoms with Crippen LogP contribution in [0.15, 0.2) is 0 Å². The van der Waals surface area contributed by atoms with Crippen molar-refractivity contribution in [3.8, 4) is 0 Å². The summed E-state index contributed by atoms with van der Waals surface area (Å²) in [6.45, 7) is 0. The topological polar surface area (TPSA) is 83.6 Å². The van der Waals surface area contributed by atoms with E-state index in [1.807, 2.05) is 0 Å². The molecular formula is C8H11NO5. The van der Waals surface area contributed by atoms with Crippen LogP contribution < -0.4 is 5.32 Å². The minimum Gasteiger partial charge on any atom is -0.440 e. The van der Waals surface area contributed by atoms with Crippen molar-refractivity contribution in [1.29, 1.82) is 0 Å². The van der Waals surface area contributed by atoms with Crippen molar-refractivity contribution in [3.05, 3.63) is 0 Å². The molecule has 0 bridgehead atoms. The molecule has 14 heavy (non-hydrogen) atoms. The molecule has 2 N–H and O–H groups in total. The molecule has 78 valence electrons. The number of amides is 1. The number of aliphatic hydroxyl groups excluding tert-OH is 1. The van der Waals surface area contributed by atoms with Gasteiger partial charge in [-0.2, -0.15) is 0 Å². The second-order valence-electron chi connectivity index (χ2n) is 3.74. The number of fused-ring (bicyclic) bond motifs is 2. The van der Waals surface area contributed by atoms with Gasteiger partial charge in [0.2, 0.25) is 0 Å². The van der Waals surface area contributed by atoms with Gasteiger partial charge in [0.05, 0.1) is 0 Å². The van der Waals surface area contributed by atoms with Crippen LogP contribution in [0.2, 0.25) is 0 Å². The summed E-state index contributed by atoms with van der Waals surface area (Å²) in [6.07, 6.45) is -2.23. The number of ether oxygens (including phenoxy) is 3. The molecule has 3 rings (SSSR count). The van der Waals surface area contributed by atoms with Crippen LogP contribution in [0.4, 0.5) is 4.79 Å². The van der Waals surface area contributed by atoms with Crippen LogP contribution >= 0.6 is 0 Å². The zero-order valence-corrected chi connectivity index (χ0v) is 7.54. The third-order valence-electron chi connectivity index (χ3n) is 2.89. The zero-order valence-electron chi connectivity index (χ0n) is 7.54. The van der Waals surface area contributed by atoms with Gasteiger partial charge in [-0.05, 0) is 0 Å². The van der Waals surface area contributed by atoms with Gasteiger partial charge in [-0.3, -0.25) is 0 Å². The molecule has 2 heterocycles. The lowest BCUT2D eigenvalue weighted by Gasteiger charge is -2.17. The molecule has 1 amide bonds. The second kappa shape index (κ2) is 2.59. The molecule has 1 saturated carbocycles. The van der Waals surface area contributed by atoms with E-state index in [1.54, 1.807) is 0 Å². The first-order valence-corrected chi connectivity index (χ1v) is 4.59. The van der Waals surface area contributed by atoms with E-state index in [4.69, 9.17) is 14.2 Å². The molecule has 2 saturated heterocycles. The van der Waals surface area contributed by atoms with Gasteiger partial charge in [-0.15, -0.1) is 0 Å². The minimum absolute atomic E-state index is 0.189. The molecule has 0 aromatic rings. The lowest BCUT2D eigenvalue weighted by atomic mass is 9.95. The Bertz CT molecular complexity index is 265. The van der Waals surface area contributed by atoms with Gasteiger partial charge in [0.15, 0.2) is 6.10 Å². The van der Waals surface area contributed by atoms with Crippen molar-refractivity contribution < 1.29 is 24.1 Å². The van der Waals surface area contributed by atoms with E-state index in [0.29, 0.717) is 0 Å². The first kappa shape index (κ1) is 8.46. The summed E-state index contributed by atoms with van der Waals surface area (Å²) in [7, 11) is 1.50. The minimum atomic E-state index is -0.561. The molecule has 0 aromatic carbocycles. The van der Waals surface area contributed by atoms with Crippen molar-refractivity contribution >= 4 is 6.09 Å². The molecular weight excluding hydrogens is 190 g/mol. The largest absolute Gasteiger partial charge is 0.440 e. The highest BCUT2D eigenvalue weighted by atomic mass is 16.7. The fourth-order valence-electron chi connectivity index (χ4n) is 2.04. The highest BCUT2D eigenvalue weighted by Gasteiger charge is 2.70. The molecule has 6 nitrogen and oxygen atoms in total. The maximum atomic E-state index is 11.0. The number of carbonyl (C=O) groups is 1. The molecule has 2 aliphatic heterocycles. The van der Waals surface area contributed by atoms with Gasteiger partial charge < -0.3 is 24.6 Å². The normalized spacial score (nSPS) is 52.7. The zero-order chi connectivity index (χ0) is 9.87. The van der Waals surface area contributed by atoms with E-state index >= 15 is 0 Å². The summed E-state index contributed by atoms with van der Waals surface area (Å²) >= 11 is 0. The number of carbonyl (C=O) groups excluding carboxylic acids is 1. The molecule has 6 heteroatoms. The predicted molar refractivity (Wildman–Crippen MR) is 42.7 cm³/mol. The Kier molecular flexibility index (Phi) is 1.56.